The Bertz CT molecular complexity index is 625. The van der Waals surface area contributed by atoms with E-state index < -0.39 is 0 Å². The Balaban J connectivity index is 2.02. The maximum absolute atomic E-state index is 12.3. The van der Waals surface area contributed by atoms with Gasteiger partial charge in [0.25, 0.3) is 5.91 Å². The maximum Gasteiger partial charge on any atom is 0.270 e. The molecule has 1 aromatic heterocycles. The number of amides is 1. The van der Waals surface area contributed by atoms with Crippen molar-refractivity contribution in [2.75, 3.05) is 18.3 Å². The van der Waals surface area contributed by atoms with Gasteiger partial charge in [-0.1, -0.05) is 25.1 Å². The molecule has 1 aromatic carbocycles. The van der Waals surface area contributed by atoms with E-state index in [0.717, 1.165) is 18.6 Å². The number of aryl methyl sites for hydroxylation is 1. The fourth-order valence-electron chi connectivity index (χ4n) is 1.81. The number of unbranched alkanes of at least 4 members (excludes halogenated alkanes) is 1. The molecule has 0 spiro atoms. The van der Waals surface area contributed by atoms with Gasteiger partial charge in [0.1, 0.15) is 11.6 Å². The Labute approximate surface area is 134 Å². The van der Waals surface area contributed by atoms with Gasteiger partial charge in [0.15, 0.2) is 0 Å². The van der Waals surface area contributed by atoms with Crippen LogP contribution in [0, 0.1) is 6.92 Å². The van der Waals surface area contributed by atoms with Gasteiger partial charge in [-0.3, -0.25) is 10.2 Å². The summed E-state index contributed by atoms with van der Waals surface area (Å²) in [5.41, 5.74) is 3.35. The number of hydrogen-bond donors (Lipinski definition) is 1. The van der Waals surface area contributed by atoms with Gasteiger partial charge in [-0.25, -0.2) is 4.68 Å². The monoisotopic (exact) mass is 320 g/mol. The van der Waals surface area contributed by atoms with Crippen molar-refractivity contribution in [3.8, 4) is 5.75 Å². The van der Waals surface area contributed by atoms with Crippen molar-refractivity contribution in [2.45, 2.75) is 31.8 Å². The first-order chi connectivity index (χ1) is 10.7. The minimum absolute atomic E-state index is 0.210. The maximum atomic E-state index is 12.3. The van der Waals surface area contributed by atoms with Crippen LogP contribution >= 0.6 is 11.8 Å². The standard InChI is InChI=1S/C15H20N4O2S/c1-4-5-10-21-13-8-6-12(7-9-13)14(20)18-19-11(2)16-17-15(19)22-3/h6-9H,4-5,10H2,1-3H3,(H,18,20). The number of rotatable bonds is 7. The molecule has 2 rings (SSSR count). The molecule has 0 fully saturated rings. The van der Waals surface area contributed by atoms with Crippen LogP contribution in [0.2, 0.25) is 0 Å². The molecular weight excluding hydrogens is 300 g/mol. The Morgan fingerprint density at radius 2 is 2.05 bits per heavy atom. The van der Waals surface area contributed by atoms with E-state index in [1.165, 1.54) is 11.8 Å². The van der Waals surface area contributed by atoms with Crippen molar-refractivity contribution in [1.29, 1.82) is 0 Å². The van der Waals surface area contributed by atoms with Crippen LogP contribution in [-0.2, 0) is 0 Å². The second kappa shape index (κ2) is 7.84. The highest BCUT2D eigenvalue weighted by Crippen LogP contribution is 2.14. The van der Waals surface area contributed by atoms with Crippen LogP contribution in [0.25, 0.3) is 0 Å². The molecule has 1 heterocycles. The fraction of sp³-hybridized carbons (Fsp3) is 0.400. The molecule has 0 bridgehead atoms. The molecule has 1 N–H and O–H groups in total. The molecule has 0 atom stereocenters. The SMILES string of the molecule is CCCCOc1ccc(C(=O)Nn2c(C)nnc2SC)cc1. The van der Waals surface area contributed by atoms with Gasteiger partial charge in [-0.05, 0) is 43.9 Å². The second-order valence-electron chi connectivity index (χ2n) is 4.74. The van der Waals surface area contributed by atoms with E-state index in [1.807, 2.05) is 6.26 Å². The lowest BCUT2D eigenvalue weighted by atomic mass is 10.2. The van der Waals surface area contributed by atoms with Gasteiger partial charge >= 0.3 is 0 Å². The number of aromatic nitrogens is 3. The van der Waals surface area contributed by atoms with Crippen LogP contribution in [0.1, 0.15) is 35.9 Å². The molecule has 0 saturated carbocycles. The summed E-state index contributed by atoms with van der Waals surface area (Å²) in [6.07, 6.45) is 4.00. The Kier molecular flexibility index (Phi) is 5.83. The number of ether oxygens (including phenoxy) is 1. The van der Waals surface area contributed by atoms with Crippen molar-refractivity contribution in [2.24, 2.45) is 0 Å². The molecule has 0 aliphatic carbocycles. The molecule has 0 radical (unpaired) electrons. The van der Waals surface area contributed by atoms with E-state index in [9.17, 15) is 4.79 Å². The van der Waals surface area contributed by atoms with Gasteiger partial charge in [0.2, 0.25) is 5.16 Å². The van der Waals surface area contributed by atoms with Gasteiger partial charge in [0, 0.05) is 5.56 Å². The number of nitrogens with one attached hydrogen (secondary N) is 1. The number of carbonyl (C=O) groups excluding carboxylic acids is 1. The van der Waals surface area contributed by atoms with Crippen LogP contribution < -0.4 is 10.2 Å². The van der Waals surface area contributed by atoms with E-state index in [2.05, 4.69) is 22.5 Å². The Morgan fingerprint density at radius 3 is 2.68 bits per heavy atom. The van der Waals surface area contributed by atoms with Crippen molar-refractivity contribution >= 4 is 17.7 Å². The predicted molar refractivity (Wildman–Crippen MR) is 87.1 cm³/mol. The zero-order valence-corrected chi connectivity index (χ0v) is 13.8. The van der Waals surface area contributed by atoms with Crippen molar-refractivity contribution in [1.82, 2.24) is 14.9 Å². The predicted octanol–water partition coefficient (Wildman–Crippen LogP) is 2.87. The second-order valence-corrected chi connectivity index (χ2v) is 5.51. The molecule has 6 nitrogen and oxygen atoms in total. The first-order valence-electron chi connectivity index (χ1n) is 7.16. The summed E-state index contributed by atoms with van der Waals surface area (Å²) in [6, 6.07) is 7.10. The molecule has 22 heavy (non-hydrogen) atoms. The number of carbonyl (C=O) groups is 1. The summed E-state index contributed by atoms with van der Waals surface area (Å²) in [5.74, 6) is 1.20. The average molecular weight is 320 g/mol. The van der Waals surface area contributed by atoms with Crippen molar-refractivity contribution < 1.29 is 9.53 Å². The third-order valence-corrected chi connectivity index (χ3v) is 3.70. The third kappa shape index (κ3) is 4.00. The summed E-state index contributed by atoms with van der Waals surface area (Å²) < 4.78 is 7.16. The highest BCUT2D eigenvalue weighted by atomic mass is 32.2. The Hall–Kier alpha value is -2.02. The van der Waals surface area contributed by atoms with E-state index >= 15 is 0 Å². The average Bonchev–Trinajstić information content (AvgIpc) is 2.88. The molecule has 0 aliphatic rings. The lowest BCUT2D eigenvalue weighted by molar-refractivity contribution is 0.100. The van der Waals surface area contributed by atoms with Gasteiger partial charge < -0.3 is 4.74 Å². The lowest BCUT2D eigenvalue weighted by Gasteiger charge is -2.10. The molecule has 7 heteroatoms. The normalized spacial score (nSPS) is 10.5. The quantitative estimate of drug-likeness (QED) is 0.627. The van der Waals surface area contributed by atoms with Crippen molar-refractivity contribution in [3.63, 3.8) is 0 Å². The van der Waals surface area contributed by atoms with Crippen molar-refractivity contribution in [3.05, 3.63) is 35.7 Å². The van der Waals surface area contributed by atoms with E-state index in [1.54, 1.807) is 35.9 Å². The summed E-state index contributed by atoms with van der Waals surface area (Å²) in [4.78, 5) is 12.3. The number of benzene rings is 1. The van der Waals surface area contributed by atoms with Crippen LogP contribution in [0.4, 0.5) is 0 Å². The zero-order chi connectivity index (χ0) is 15.9. The van der Waals surface area contributed by atoms with E-state index in [0.29, 0.717) is 23.2 Å². The topological polar surface area (TPSA) is 69.0 Å². The van der Waals surface area contributed by atoms with E-state index in [-0.39, 0.29) is 5.91 Å². The molecule has 0 aliphatic heterocycles. The van der Waals surface area contributed by atoms with Crippen LogP contribution in [-0.4, -0.2) is 33.6 Å². The lowest BCUT2D eigenvalue weighted by Crippen LogP contribution is -2.24. The van der Waals surface area contributed by atoms with Gasteiger partial charge in [-0.2, -0.15) is 0 Å². The molecule has 0 saturated heterocycles. The highest BCUT2D eigenvalue weighted by molar-refractivity contribution is 7.98. The summed E-state index contributed by atoms with van der Waals surface area (Å²) in [5, 5.41) is 8.57. The summed E-state index contributed by atoms with van der Waals surface area (Å²) in [6.45, 7) is 4.60. The molecular formula is C15H20N4O2S. The highest BCUT2D eigenvalue weighted by Gasteiger charge is 2.12. The molecule has 2 aromatic rings. The first-order valence-corrected chi connectivity index (χ1v) is 8.38. The van der Waals surface area contributed by atoms with Gasteiger partial charge in [0.05, 0.1) is 6.61 Å². The molecule has 0 unspecified atom stereocenters. The van der Waals surface area contributed by atoms with Gasteiger partial charge in [-0.15, -0.1) is 10.2 Å². The smallest absolute Gasteiger partial charge is 0.270 e. The number of thioether (sulfide) groups is 1. The fourth-order valence-corrected chi connectivity index (χ4v) is 2.29. The third-order valence-electron chi connectivity index (χ3n) is 3.07. The van der Waals surface area contributed by atoms with E-state index in [4.69, 9.17) is 4.74 Å². The molecule has 1 amide bonds. The van der Waals surface area contributed by atoms with Crippen LogP contribution in [0.15, 0.2) is 29.4 Å². The van der Waals surface area contributed by atoms with Crippen LogP contribution in [0.3, 0.4) is 0 Å². The zero-order valence-electron chi connectivity index (χ0n) is 13.0. The number of hydrogen-bond acceptors (Lipinski definition) is 5. The summed E-state index contributed by atoms with van der Waals surface area (Å²) >= 11 is 1.42. The molecule has 118 valence electrons. The summed E-state index contributed by atoms with van der Waals surface area (Å²) in [7, 11) is 0. The minimum Gasteiger partial charge on any atom is -0.494 e. The largest absolute Gasteiger partial charge is 0.494 e. The Morgan fingerprint density at radius 1 is 1.32 bits per heavy atom. The van der Waals surface area contributed by atoms with Crippen LogP contribution in [0.5, 0.6) is 5.75 Å². The first kappa shape index (κ1) is 16.4. The minimum atomic E-state index is -0.210. The number of nitrogens with zero attached hydrogens (tertiary/aromatic N) is 3.